The molecule has 116 valence electrons. The Kier molecular flexibility index (Phi) is 6.54. The molecule has 0 atom stereocenters. The summed E-state index contributed by atoms with van der Waals surface area (Å²) in [6.07, 6.45) is 5.33. The zero-order chi connectivity index (χ0) is 14.9. The highest BCUT2D eigenvalue weighted by Crippen LogP contribution is 2.15. The van der Waals surface area contributed by atoms with Gasteiger partial charge in [0.2, 0.25) is 5.91 Å². The standard InChI is InChI=1S/C17H26N2O2/c1-21-16-8-6-7-15(13-16)14-19-11-5-3-2-4-10-18-17(20)9-12-19/h6-8,13H,2-5,9-12,14H2,1H3,(H,18,20). The zero-order valence-electron chi connectivity index (χ0n) is 12.9. The molecule has 0 aliphatic carbocycles. The molecule has 1 amide bonds. The maximum Gasteiger partial charge on any atom is 0.221 e. The molecule has 1 heterocycles. The molecule has 1 saturated heterocycles. The molecule has 1 aliphatic rings. The highest BCUT2D eigenvalue weighted by molar-refractivity contribution is 5.76. The van der Waals surface area contributed by atoms with Crippen molar-refractivity contribution in [3.05, 3.63) is 29.8 Å². The van der Waals surface area contributed by atoms with Gasteiger partial charge in [-0.3, -0.25) is 9.69 Å². The van der Waals surface area contributed by atoms with Gasteiger partial charge < -0.3 is 10.1 Å². The quantitative estimate of drug-likeness (QED) is 0.930. The van der Waals surface area contributed by atoms with Gasteiger partial charge in [0.05, 0.1) is 7.11 Å². The molecule has 0 bridgehead atoms. The summed E-state index contributed by atoms with van der Waals surface area (Å²) in [4.78, 5) is 14.1. The highest BCUT2D eigenvalue weighted by atomic mass is 16.5. The van der Waals surface area contributed by atoms with E-state index in [1.165, 1.54) is 24.8 Å². The van der Waals surface area contributed by atoms with Gasteiger partial charge in [-0.05, 0) is 37.1 Å². The molecule has 4 nitrogen and oxygen atoms in total. The van der Waals surface area contributed by atoms with Crippen LogP contribution in [0.1, 0.15) is 37.7 Å². The van der Waals surface area contributed by atoms with Crippen LogP contribution in [0.15, 0.2) is 24.3 Å². The number of methoxy groups -OCH3 is 1. The first-order valence-electron chi connectivity index (χ1n) is 7.90. The minimum atomic E-state index is 0.174. The lowest BCUT2D eigenvalue weighted by molar-refractivity contribution is -0.121. The van der Waals surface area contributed by atoms with Crippen LogP contribution in [0.5, 0.6) is 5.75 Å². The number of rotatable bonds is 3. The van der Waals surface area contributed by atoms with E-state index in [0.29, 0.717) is 6.42 Å². The van der Waals surface area contributed by atoms with Crippen molar-refractivity contribution < 1.29 is 9.53 Å². The summed E-state index contributed by atoms with van der Waals surface area (Å²) >= 11 is 0. The van der Waals surface area contributed by atoms with E-state index in [2.05, 4.69) is 22.3 Å². The lowest BCUT2D eigenvalue weighted by Crippen LogP contribution is -2.31. The fraction of sp³-hybridized carbons (Fsp3) is 0.588. The highest BCUT2D eigenvalue weighted by Gasteiger charge is 2.10. The number of carbonyl (C=O) groups is 1. The van der Waals surface area contributed by atoms with Gasteiger partial charge in [-0.25, -0.2) is 0 Å². The number of nitrogens with zero attached hydrogens (tertiary/aromatic N) is 1. The second-order valence-corrected chi connectivity index (χ2v) is 5.64. The average Bonchev–Trinajstić information content (AvgIpc) is 2.55. The summed E-state index contributed by atoms with van der Waals surface area (Å²) in [5.74, 6) is 1.07. The second-order valence-electron chi connectivity index (χ2n) is 5.64. The van der Waals surface area contributed by atoms with Gasteiger partial charge in [0, 0.05) is 26.1 Å². The van der Waals surface area contributed by atoms with E-state index in [-0.39, 0.29) is 5.91 Å². The Balaban J connectivity index is 1.95. The number of amides is 1. The Bertz CT molecular complexity index is 448. The van der Waals surface area contributed by atoms with Gasteiger partial charge in [0.25, 0.3) is 0 Å². The van der Waals surface area contributed by atoms with E-state index in [9.17, 15) is 4.79 Å². The summed E-state index contributed by atoms with van der Waals surface area (Å²) in [6, 6.07) is 8.18. The average molecular weight is 290 g/mol. The number of hydrogen-bond donors (Lipinski definition) is 1. The maximum atomic E-state index is 11.8. The van der Waals surface area contributed by atoms with Crippen LogP contribution in [-0.2, 0) is 11.3 Å². The Hall–Kier alpha value is -1.55. The number of ether oxygens (including phenoxy) is 1. The van der Waals surface area contributed by atoms with Crippen molar-refractivity contribution in [2.75, 3.05) is 26.7 Å². The van der Waals surface area contributed by atoms with Crippen molar-refractivity contribution in [1.29, 1.82) is 0 Å². The minimum absolute atomic E-state index is 0.174. The van der Waals surface area contributed by atoms with E-state index in [1.54, 1.807) is 7.11 Å². The second kappa shape index (κ2) is 8.67. The van der Waals surface area contributed by atoms with Crippen LogP contribution in [0.4, 0.5) is 0 Å². The van der Waals surface area contributed by atoms with Crippen molar-refractivity contribution in [2.24, 2.45) is 0 Å². The number of nitrogens with one attached hydrogen (secondary N) is 1. The Morgan fingerprint density at radius 3 is 2.90 bits per heavy atom. The van der Waals surface area contributed by atoms with Crippen molar-refractivity contribution in [3.63, 3.8) is 0 Å². The smallest absolute Gasteiger partial charge is 0.221 e. The Labute approximate surface area is 127 Å². The normalized spacial score (nSPS) is 18.6. The lowest BCUT2D eigenvalue weighted by Gasteiger charge is -2.22. The molecule has 1 aromatic carbocycles. The molecule has 21 heavy (non-hydrogen) atoms. The van der Waals surface area contributed by atoms with E-state index >= 15 is 0 Å². The largest absolute Gasteiger partial charge is 0.497 e. The van der Waals surface area contributed by atoms with E-state index in [4.69, 9.17) is 4.74 Å². The van der Waals surface area contributed by atoms with E-state index in [0.717, 1.165) is 38.3 Å². The minimum Gasteiger partial charge on any atom is -0.497 e. The van der Waals surface area contributed by atoms with Gasteiger partial charge in [-0.1, -0.05) is 25.0 Å². The molecule has 2 rings (SSSR count). The van der Waals surface area contributed by atoms with Crippen LogP contribution in [0.25, 0.3) is 0 Å². The molecule has 4 heteroatoms. The third-order valence-corrected chi connectivity index (χ3v) is 3.92. The number of hydrogen-bond acceptors (Lipinski definition) is 3. The molecule has 0 aromatic heterocycles. The number of benzene rings is 1. The van der Waals surface area contributed by atoms with Gasteiger partial charge in [0.1, 0.15) is 5.75 Å². The fourth-order valence-electron chi connectivity index (χ4n) is 2.69. The predicted molar refractivity (Wildman–Crippen MR) is 84.4 cm³/mol. The third kappa shape index (κ3) is 5.76. The first kappa shape index (κ1) is 15.8. The summed E-state index contributed by atoms with van der Waals surface area (Å²) in [5, 5.41) is 3.00. The van der Waals surface area contributed by atoms with Crippen molar-refractivity contribution in [2.45, 2.75) is 38.6 Å². The SMILES string of the molecule is COc1cccc(CN2CCCCCCNC(=O)CC2)c1. The first-order chi connectivity index (χ1) is 10.3. The summed E-state index contributed by atoms with van der Waals surface area (Å²) < 4.78 is 5.28. The topological polar surface area (TPSA) is 41.6 Å². The molecule has 1 aromatic rings. The molecule has 0 spiro atoms. The van der Waals surface area contributed by atoms with Crippen molar-refractivity contribution in [3.8, 4) is 5.75 Å². The lowest BCUT2D eigenvalue weighted by atomic mass is 10.1. The summed E-state index contributed by atoms with van der Waals surface area (Å²) in [5.41, 5.74) is 1.24. The molecule has 0 unspecified atom stereocenters. The summed E-state index contributed by atoms with van der Waals surface area (Å²) in [6.45, 7) is 3.59. The van der Waals surface area contributed by atoms with Crippen LogP contribution >= 0.6 is 0 Å². The Morgan fingerprint density at radius 1 is 1.19 bits per heavy atom. The van der Waals surface area contributed by atoms with Gasteiger partial charge in [0.15, 0.2) is 0 Å². The van der Waals surface area contributed by atoms with Gasteiger partial charge >= 0.3 is 0 Å². The van der Waals surface area contributed by atoms with Crippen LogP contribution in [0.2, 0.25) is 0 Å². The first-order valence-corrected chi connectivity index (χ1v) is 7.90. The molecule has 1 aliphatic heterocycles. The van der Waals surface area contributed by atoms with E-state index < -0.39 is 0 Å². The van der Waals surface area contributed by atoms with Crippen LogP contribution in [-0.4, -0.2) is 37.6 Å². The van der Waals surface area contributed by atoms with Crippen molar-refractivity contribution >= 4 is 5.91 Å². The molecule has 1 N–H and O–H groups in total. The van der Waals surface area contributed by atoms with Crippen LogP contribution in [0, 0.1) is 0 Å². The number of carbonyl (C=O) groups excluding carboxylic acids is 1. The monoisotopic (exact) mass is 290 g/mol. The molecular weight excluding hydrogens is 264 g/mol. The molecular formula is C17H26N2O2. The van der Waals surface area contributed by atoms with Crippen LogP contribution in [0.3, 0.4) is 0 Å². The van der Waals surface area contributed by atoms with E-state index in [1.807, 2.05) is 12.1 Å². The maximum absolute atomic E-state index is 11.8. The zero-order valence-corrected chi connectivity index (χ0v) is 12.9. The van der Waals surface area contributed by atoms with Crippen molar-refractivity contribution in [1.82, 2.24) is 10.2 Å². The molecule has 0 saturated carbocycles. The van der Waals surface area contributed by atoms with Gasteiger partial charge in [-0.2, -0.15) is 0 Å². The third-order valence-electron chi connectivity index (χ3n) is 3.92. The summed E-state index contributed by atoms with van der Waals surface area (Å²) in [7, 11) is 1.69. The van der Waals surface area contributed by atoms with Crippen LogP contribution < -0.4 is 10.1 Å². The molecule has 1 fully saturated rings. The Morgan fingerprint density at radius 2 is 2.05 bits per heavy atom. The van der Waals surface area contributed by atoms with Gasteiger partial charge in [-0.15, -0.1) is 0 Å². The fourth-order valence-corrected chi connectivity index (χ4v) is 2.69. The molecule has 0 radical (unpaired) electrons. The predicted octanol–water partition coefficient (Wildman–Crippen LogP) is 2.58.